The van der Waals surface area contributed by atoms with Gasteiger partial charge in [-0.15, -0.1) is 0 Å². The van der Waals surface area contributed by atoms with Crippen molar-refractivity contribution in [2.45, 2.75) is 60.3 Å². The van der Waals surface area contributed by atoms with Gasteiger partial charge >= 0.3 is 0 Å². The summed E-state index contributed by atoms with van der Waals surface area (Å²) < 4.78 is 0. The van der Waals surface area contributed by atoms with Crippen LogP contribution >= 0.6 is 0 Å². The lowest BCUT2D eigenvalue weighted by Crippen LogP contribution is -2.25. The minimum Gasteiger partial charge on any atom is -0.304 e. The van der Waals surface area contributed by atoms with E-state index in [4.69, 9.17) is 0 Å². The van der Waals surface area contributed by atoms with Gasteiger partial charge in [-0.05, 0) is 32.5 Å². The van der Waals surface area contributed by atoms with Crippen LogP contribution in [0.4, 0.5) is 0 Å². The van der Waals surface area contributed by atoms with Crippen LogP contribution in [0.25, 0.3) is 0 Å². The molecule has 0 aromatic carbocycles. The van der Waals surface area contributed by atoms with E-state index in [1.54, 1.807) is 0 Å². The van der Waals surface area contributed by atoms with Crippen molar-refractivity contribution in [3.63, 3.8) is 0 Å². The molecule has 0 amide bonds. The third-order valence-corrected chi connectivity index (χ3v) is 1.81. The summed E-state index contributed by atoms with van der Waals surface area (Å²) in [7, 11) is 0. The first-order valence-corrected chi connectivity index (χ1v) is 5.98. The number of nitrogens with zero attached hydrogens (tertiary/aromatic N) is 1. The van der Waals surface area contributed by atoms with Gasteiger partial charge in [-0.3, -0.25) is 0 Å². The molecule has 0 unspecified atom stereocenters. The number of unbranched alkanes of at least 4 members (excludes halogenated alkanes) is 1. The van der Waals surface area contributed by atoms with Crippen LogP contribution in [-0.2, 0) is 0 Å². The molecule has 0 rings (SSSR count). The predicted octanol–water partition coefficient (Wildman–Crippen LogP) is 3.93. The van der Waals surface area contributed by atoms with E-state index in [9.17, 15) is 0 Å². The van der Waals surface area contributed by atoms with Gasteiger partial charge in [-0.1, -0.05) is 47.5 Å². The van der Waals surface area contributed by atoms with Crippen molar-refractivity contribution < 1.29 is 0 Å². The molecule has 0 N–H and O–H groups in total. The molecular formula is C12H29N. The molecule has 0 aliphatic heterocycles. The molecule has 0 radical (unpaired) electrons. The van der Waals surface area contributed by atoms with Crippen molar-refractivity contribution in [2.24, 2.45) is 0 Å². The molecule has 82 valence electrons. The number of hydrogen-bond donors (Lipinski definition) is 0. The highest BCUT2D eigenvalue weighted by Gasteiger charge is 1.97. The first-order chi connectivity index (χ1) is 6.26. The molecule has 1 heteroatoms. The summed E-state index contributed by atoms with van der Waals surface area (Å²) in [6.45, 7) is 14.8. The van der Waals surface area contributed by atoms with Crippen LogP contribution in [0.1, 0.15) is 60.3 Å². The zero-order chi connectivity index (χ0) is 10.5. The molecule has 0 aromatic heterocycles. The largest absolute Gasteiger partial charge is 0.304 e. The van der Waals surface area contributed by atoms with E-state index in [1.165, 1.54) is 45.3 Å². The first-order valence-electron chi connectivity index (χ1n) is 5.98. The second-order valence-electron chi connectivity index (χ2n) is 3.49. The van der Waals surface area contributed by atoms with Gasteiger partial charge in [0.15, 0.2) is 0 Å². The Morgan fingerprint density at radius 2 is 1.31 bits per heavy atom. The zero-order valence-corrected chi connectivity index (χ0v) is 10.4. The summed E-state index contributed by atoms with van der Waals surface area (Å²) in [6, 6.07) is 0. The van der Waals surface area contributed by atoms with Crippen molar-refractivity contribution in [3.8, 4) is 0 Å². The van der Waals surface area contributed by atoms with Gasteiger partial charge in [0.2, 0.25) is 0 Å². The lowest BCUT2D eigenvalue weighted by atomic mass is 10.3. The molecule has 0 saturated heterocycles. The smallest absolute Gasteiger partial charge is 0.00190 e. The van der Waals surface area contributed by atoms with Crippen molar-refractivity contribution in [3.05, 3.63) is 0 Å². The fourth-order valence-electron chi connectivity index (χ4n) is 1.13. The van der Waals surface area contributed by atoms with E-state index in [0.717, 1.165) is 0 Å². The lowest BCUT2D eigenvalue weighted by Gasteiger charge is -2.18. The number of rotatable bonds is 6. The van der Waals surface area contributed by atoms with Crippen molar-refractivity contribution >= 4 is 0 Å². The molecule has 13 heavy (non-hydrogen) atoms. The fourth-order valence-corrected chi connectivity index (χ4v) is 1.13. The third kappa shape index (κ3) is 14.8. The van der Waals surface area contributed by atoms with Crippen LogP contribution in [0.15, 0.2) is 0 Å². The molecule has 0 bridgehead atoms. The van der Waals surface area contributed by atoms with Crippen molar-refractivity contribution in [1.82, 2.24) is 4.90 Å². The van der Waals surface area contributed by atoms with Gasteiger partial charge in [0, 0.05) is 0 Å². The standard InChI is InChI=1S/C9H21N.C3H8/c1-4-7-9-10(6-3)8-5-2;1-3-2/h4-9H2,1-3H3;3H2,1-2H3. The maximum atomic E-state index is 2.52. The Morgan fingerprint density at radius 1 is 0.769 bits per heavy atom. The monoisotopic (exact) mass is 187 g/mol. The van der Waals surface area contributed by atoms with E-state index in [1.807, 2.05) is 0 Å². The highest BCUT2D eigenvalue weighted by atomic mass is 15.1. The Bertz CT molecular complexity index is 71.5. The molecule has 0 atom stereocenters. The Morgan fingerprint density at radius 3 is 1.62 bits per heavy atom. The Balaban J connectivity index is 0. The average molecular weight is 187 g/mol. The molecule has 0 heterocycles. The maximum Gasteiger partial charge on any atom is -0.00190 e. The molecule has 0 fully saturated rings. The van der Waals surface area contributed by atoms with E-state index < -0.39 is 0 Å². The summed E-state index contributed by atoms with van der Waals surface area (Å²) in [6.07, 6.45) is 5.21. The lowest BCUT2D eigenvalue weighted by molar-refractivity contribution is 0.284. The van der Waals surface area contributed by atoms with Gasteiger partial charge in [0.25, 0.3) is 0 Å². The summed E-state index contributed by atoms with van der Waals surface area (Å²) in [5.41, 5.74) is 0. The minimum absolute atomic E-state index is 1.22. The maximum absolute atomic E-state index is 2.52. The van der Waals surface area contributed by atoms with E-state index >= 15 is 0 Å². The second kappa shape index (κ2) is 14.5. The van der Waals surface area contributed by atoms with Gasteiger partial charge in [0.1, 0.15) is 0 Å². The minimum atomic E-state index is 1.22. The van der Waals surface area contributed by atoms with Gasteiger partial charge < -0.3 is 4.90 Å². The van der Waals surface area contributed by atoms with Crippen LogP contribution in [0.3, 0.4) is 0 Å². The van der Waals surface area contributed by atoms with Crippen LogP contribution in [0, 0.1) is 0 Å². The quantitative estimate of drug-likeness (QED) is 0.609. The molecule has 0 spiro atoms. The van der Waals surface area contributed by atoms with Crippen molar-refractivity contribution in [2.75, 3.05) is 19.6 Å². The van der Waals surface area contributed by atoms with E-state index in [2.05, 4.69) is 39.5 Å². The molecule has 0 aliphatic carbocycles. The summed E-state index contributed by atoms with van der Waals surface area (Å²) in [4.78, 5) is 2.52. The SMILES string of the molecule is CCC.CCCCN(CC)CCC. The van der Waals surface area contributed by atoms with E-state index in [0.29, 0.717) is 0 Å². The topological polar surface area (TPSA) is 3.24 Å². The van der Waals surface area contributed by atoms with Gasteiger partial charge in [-0.2, -0.15) is 0 Å². The Labute approximate surface area is 85.5 Å². The van der Waals surface area contributed by atoms with Crippen LogP contribution in [-0.4, -0.2) is 24.5 Å². The highest BCUT2D eigenvalue weighted by molar-refractivity contribution is 4.52. The third-order valence-electron chi connectivity index (χ3n) is 1.81. The summed E-state index contributed by atoms with van der Waals surface area (Å²) >= 11 is 0. The Kier molecular flexibility index (Phi) is 17.2. The van der Waals surface area contributed by atoms with Crippen LogP contribution < -0.4 is 0 Å². The summed E-state index contributed by atoms with van der Waals surface area (Å²) in [5, 5.41) is 0. The fraction of sp³-hybridized carbons (Fsp3) is 1.00. The molecule has 0 aromatic rings. The zero-order valence-electron chi connectivity index (χ0n) is 10.4. The van der Waals surface area contributed by atoms with Gasteiger partial charge in [-0.25, -0.2) is 0 Å². The molecule has 1 nitrogen and oxygen atoms in total. The van der Waals surface area contributed by atoms with Crippen LogP contribution in [0.2, 0.25) is 0 Å². The van der Waals surface area contributed by atoms with Crippen LogP contribution in [0.5, 0.6) is 0 Å². The second-order valence-corrected chi connectivity index (χ2v) is 3.49. The number of hydrogen-bond acceptors (Lipinski definition) is 1. The molecule has 0 saturated carbocycles. The van der Waals surface area contributed by atoms with E-state index in [-0.39, 0.29) is 0 Å². The normalized spacial score (nSPS) is 9.69. The Hall–Kier alpha value is -0.0400. The van der Waals surface area contributed by atoms with Gasteiger partial charge in [0.05, 0.1) is 0 Å². The average Bonchev–Trinajstić information content (AvgIpc) is 2.13. The molecule has 0 aliphatic rings. The van der Waals surface area contributed by atoms with Crippen molar-refractivity contribution in [1.29, 1.82) is 0 Å². The first kappa shape index (κ1) is 15.4. The molecular weight excluding hydrogens is 158 g/mol. The highest BCUT2D eigenvalue weighted by Crippen LogP contribution is 1.95. The summed E-state index contributed by atoms with van der Waals surface area (Å²) in [5.74, 6) is 0. The predicted molar refractivity (Wildman–Crippen MR) is 63.3 cm³/mol.